The molecule has 0 aliphatic heterocycles. The SMILES string of the molecule is CCc1ccc(-c2nc(C)c(C(=O)O[C@@H](C)C(=O)NCC(C)C)s2)cc1. The first-order chi connectivity index (χ1) is 12.3. The smallest absolute Gasteiger partial charge is 0.351 e. The van der Waals surface area contributed by atoms with Gasteiger partial charge in [-0.1, -0.05) is 45.0 Å². The summed E-state index contributed by atoms with van der Waals surface area (Å²) < 4.78 is 5.32. The van der Waals surface area contributed by atoms with Gasteiger partial charge in [0.15, 0.2) is 6.10 Å². The molecule has 5 nitrogen and oxygen atoms in total. The van der Waals surface area contributed by atoms with Gasteiger partial charge < -0.3 is 10.1 Å². The Hall–Kier alpha value is -2.21. The van der Waals surface area contributed by atoms with E-state index in [1.54, 1.807) is 13.8 Å². The topological polar surface area (TPSA) is 68.3 Å². The molecule has 0 fully saturated rings. The number of carbonyl (C=O) groups is 2. The summed E-state index contributed by atoms with van der Waals surface area (Å²) in [5.74, 6) is -0.458. The largest absolute Gasteiger partial charge is 0.448 e. The third-order valence-corrected chi connectivity index (χ3v) is 5.12. The average Bonchev–Trinajstić information content (AvgIpc) is 3.01. The quantitative estimate of drug-likeness (QED) is 0.744. The van der Waals surface area contributed by atoms with Crippen molar-refractivity contribution in [3.8, 4) is 10.6 Å². The molecule has 1 aromatic heterocycles. The van der Waals surface area contributed by atoms with E-state index in [0.29, 0.717) is 23.0 Å². The number of hydrogen-bond donors (Lipinski definition) is 1. The van der Waals surface area contributed by atoms with Crippen LogP contribution in [0.25, 0.3) is 10.6 Å². The number of aromatic nitrogens is 1. The number of amides is 1. The molecule has 6 heteroatoms. The maximum absolute atomic E-state index is 12.4. The molecule has 1 N–H and O–H groups in total. The molecule has 0 unspecified atom stereocenters. The molecule has 1 aromatic carbocycles. The molecule has 0 radical (unpaired) electrons. The Kier molecular flexibility index (Phi) is 6.91. The maximum atomic E-state index is 12.4. The van der Waals surface area contributed by atoms with Crippen molar-refractivity contribution in [2.45, 2.75) is 47.1 Å². The van der Waals surface area contributed by atoms with Gasteiger partial charge in [-0.15, -0.1) is 11.3 Å². The van der Waals surface area contributed by atoms with Crippen LogP contribution in [0.4, 0.5) is 0 Å². The van der Waals surface area contributed by atoms with Gasteiger partial charge in [-0.2, -0.15) is 0 Å². The number of aryl methyl sites for hydroxylation is 2. The molecule has 2 aromatic rings. The van der Waals surface area contributed by atoms with E-state index < -0.39 is 12.1 Å². The predicted molar refractivity (Wildman–Crippen MR) is 104 cm³/mol. The Bertz CT molecular complexity index is 766. The Morgan fingerprint density at radius 2 is 1.85 bits per heavy atom. The van der Waals surface area contributed by atoms with Crippen molar-refractivity contribution < 1.29 is 14.3 Å². The van der Waals surface area contributed by atoms with E-state index in [1.807, 2.05) is 26.0 Å². The lowest BCUT2D eigenvalue weighted by Gasteiger charge is -2.14. The van der Waals surface area contributed by atoms with E-state index >= 15 is 0 Å². The summed E-state index contributed by atoms with van der Waals surface area (Å²) in [5, 5.41) is 3.54. The van der Waals surface area contributed by atoms with Crippen molar-refractivity contribution in [2.24, 2.45) is 5.92 Å². The first-order valence-electron chi connectivity index (χ1n) is 8.87. The van der Waals surface area contributed by atoms with Gasteiger partial charge in [0, 0.05) is 12.1 Å². The first-order valence-corrected chi connectivity index (χ1v) is 9.68. The number of esters is 1. The van der Waals surface area contributed by atoms with Gasteiger partial charge in [0.1, 0.15) is 9.88 Å². The highest BCUT2D eigenvalue weighted by molar-refractivity contribution is 7.17. The van der Waals surface area contributed by atoms with Crippen molar-refractivity contribution >= 4 is 23.2 Å². The summed E-state index contributed by atoms with van der Waals surface area (Å²) in [6, 6.07) is 8.14. The molecule has 1 heterocycles. The Morgan fingerprint density at radius 3 is 2.42 bits per heavy atom. The minimum absolute atomic E-state index is 0.287. The van der Waals surface area contributed by atoms with E-state index in [-0.39, 0.29) is 5.91 Å². The van der Waals surface area contributed by atoms with E-state index in [2.05, 4.69) is 29.4 Å². The molecule has 0 spiro atoms. The van der Waals surface area contributed by atoms with Gasteiger partial charge in [0.25, 0.3) is 5.91 Å². The molecule has 1 atom stereocenters. The molecule has 0 saturated heterocycles. The van der Waals surface area contributed by atoms with E-state index in [4.69, 9.17) is 4.74 Å². The summed E-state index contributed by atoms with van der Waals surface area (Å²) in [5.41, 5.74) is 2.84. The van der Waals surface area contributed by atoms with Crippen molar-refractivity contribution in [1.29, 1.82) is 0 Å². The summed E-state index contributed by atoms with van der Waals surface area (Å²) in [6.07, 6.45) is 0.140. The second-order valence-electron chi connectivity index (χ2n) is 6.67. The molecule has 0 aliphatic carbocycles. The number of hydrogen-bond acceptors (Lipinski definition) is 5. The zero-order valence-electron chi connectivity index (χ0n) is 16.0. The highest BCUT2D eigenvalue weighted by Crippen LogP contribution is 2.29. The van der Waals surface area contributed by atoms with E-state index in [0.717, 1.165) is 17.0 Å². The van der Waals surface area contributed by atoms with Crippen molar-refractivity contribution in [3.05, 3.63) is 40.4 Å². The van der Waals surface area contributed by atoms with Crippen LogP contribution >= 0.6 is 11.3 Å². The lowest BCUT2D eigenvalue weighted by molar-refractivity contribution is -0.129. The van der Waals surface area contributed by atoms with E-state index in [1.165, 1.54) is 16.9 Å². The second-order valence-corrected chi connectivity index (χ2v) is 7.67. The Morgan fingerprint density at radius 1 is 1.19 bits per heavy atom. The van der Waals surface area contributed by atoms with Crippen LogP contribution in [0, 0.1) is 12.8 Å². The number of nitrogens with one attached hydrogen (secondary N) is 1. The molecule has 26 heavy (non-hydrogen) atoms. The van der Waals surface area contributed by atoms with Crippen LogP contribution in [0.3, 0.4) is 0 Å². The van der Waals surface area contributed by atoms with Gasteiger partial charge in [-0.25, -0.2) is 9.78 Å². The molecule has 2 rings (SSSR count). The summed E-state index contributed by atoms with van der Waals surface area (Å²) in [7, 11) is 0. The van der Waals surface area contributed by atoms with Crippen LogP contribution in [0.15, 0.2) is 24.3 Å². The third kappa shape index (κ3) is 5.14. The molecule has 0 saturated carbocycles. The molecule has 140 valence electrons. The number of carbonyl (C=O) groups excluding carboxylic acids is 2. The summed E-state index contributed by atoms with van der Waals surface area (Å²) in [4.78, 5) is 29.3. The molecule has 0 aliphatic rings. The number of rotatable bonds is 7. The maximum Gasteiger partial charge on any atom is 0.351 e. The van der Waals surface area contributed by atoms with Gasteiger partial charge in [-0.05, 0) is 31.7 Å². The van der Waals surface area contributed by atoms with Gasteiger partial charge in [0.05, 0.1) is 5.69 Å². The minimum atomic E-state index is -0.838. The fourth-order valence-corrected chi connectivity index (χ4v) is 3.26. The molecule has 1 amide bonds. The highest BCUT2D eigenvalue weighted by atomic mass is 32.1. The first kappa shape index (κ1) is 20.1. The number of nitrogens with zero attached hydrogens (tertiary/aromatic N) is 1. The normalized spacial score (nSPS) is 12.1. The zero-order valence-corrected chi connectivity index (χ0v) is 16.8. The van der Waals surface area contributed by atoms with Crippen molar-refractivity contribution in [3.63, 3.8) is 0 Å². The molecular formula is C20H26N2O3S. The summed E-state index contributed by atoms with van der Waals surface area (Å²) in [6.45, 7) is 10.0. The highest BCUT2D eigenvalue weighted by Gasteiger charge is 2.23. The standard InChI is InChI=1S/C20H26N2O3S/c1-6-15-7-9-16(10-8-15)19-22-13(4)17(26-19)20(24)25-14(5)18(23)21-11-12(2)3/h7-10,12,14H,6,11H2,1-5H3,(H,21,23)/t14-/m0/s1. The second kappa shape index (κ2) is 8.94. The number of ether oxygens (including phenoxy) is 1. The van der Waals surface area contributed by atoms with E-state index in [9.17, 15) is 9.59 Å². The Balaban J connectivity index is 2.07. The fourth-order valence-electron chi connectivity index (χ4n) is 2.31. The van der Waals surface area contributed by atoms with Crippen LogP contribution in [-0.2, 0) is 16.0 Å². The van der Waals surface area contributed by atoms with Crippen molar-refractivity contribution in [2.75, 3.05) is 6.54 Å². The molecular weight excluding hydrogens is 348 g/mol. The predicted octanol–water partition coefficient (Wildman–Crippen LogP) is 4.00. The zero-order chi connectivity index (χ0) is 19.3. The van der Waals surface area contributed by atoms with Crippen molar-refractivity contribution in [1.82, 2.24) is 10.3 Å². The summed E-state index contributed by atoms with van der Waals surface area (Å²) >= 11 is 1.29. The minimum Gasteiger partial charge on any atom is -0.448 e. The fraction of sp³-hybridized carbons (Fsp3) is 0.450. The lowest BCUT2D eigenvalue weighted by Crippen LogP contribution is -2.37. The average molecular weight is 375 g/mol. The van der Waals surface area contributed by atoms with Crippen LogP contribution in [0.1, 0.15) is 48.6 Å². The van der Waals surface area contributed by atoms with Crippen LogP contribution in [0.2, 0.25) is 0 Å². The third-order valence-electron chi connectivity index (χ3n) is 3.93. The van der Waals surface area contributed by atoms with Crippen LogP contribution < -0.4 is 5.32 Å². The lowest BCUT2D eigenvalue weighted by atomic mass is 10.1. The van der Waals surface area contributed by atoms with Gasteiger partial charge in [-0.3, -0.25) is 4.79 Å². The van der Waals surface area contributed by atoms with Gasteiger partial charge in [0.2, 0.25) is 0 Å². The Labute approximate surface area is 158 Å². The van der Waals surface area contributed by atoms with Crippen LogP contribution in [-0.4, -0.2) is 29.5 Å². The van der Waals surface area contributed by atoms with Crippen LogP contribution in [0.5, 0.6) is 0 Å². The van der Waals surface area contributed by atoms with Gasteiger partial charge >= 0.3 is 5.97 Å². The number of thiazole rings is 1. The number of benzene rings is 1. The monoisotopic (exact) mass is 374 g/mol. The molecule has 0 bridgehead atoms.